The van der Waals surface area contributed by atoms with Crippen LogP contribution >= 0.6 is 0 Å². The molecule has 1 aliphatic carbocycles. The average molecular weight is 380 g/mol. The van der Waals surface area contributed by atoms with Gasteiger partial charge in [-0.2, -0.15) is 0 Å². The number of hydrogen-bond donors (Lipinski definition) is 1. The molecule has 0 spiro atoms. The summed E-state index contributed by atoms with van der Waals surface area (Å²) in [5.41, 5.74) is 8.64. The lowest BCUT2D eigenvalue weighted by Gasteiger charge is -2.24. The SMILES string of the molecule is COc1ccc2c(c1)-c1cc(OC)ccc1-c1ccc(O)cc1-c1ccccc1-2. The summed E-state index contributed by atoms with van der Waals surface area (Å²) in [5, 5.41) is 10.2. The third-order valence-corrected chi connectivity index (χ3v) is 5.54. The maximum absolute atomic E-state index is 10.2. The van der Waals surface area contributed by atoms with Gasteiger partial charge >= 0.3 is 0 Å². The molecule has 0 heterocycles. The number of fused-ring (bicyclic) bond motifs is 8. The fourth-order valence-electron chi connectivity index (χ4n) is 4.16. The summed E-state index contributed by atoms with van der Waals surface area (Å²) in [4.78, 5) is 0. The van der Waals surface area contributed by atoms with E-state index in [0.29, 0.717) is 0 Å². The summed E-state index contributed by atoms with van der Waals surface area (Å²) in [6.45, 7) is 0. The lowest BCUT2D eigenvalue weighted by atomic mass is 9.80. The van der Waals surface area contributed by atoms with Crippen LogP contribution in [-0.2, 0) is 0 Å². The molecule has 142 valence electrons. The quantitative estimate of drug-likeness (QED) is 0.386. The Bertz CT molecular complexity index is 1240. The molecule has 0 aliphatic heterocycles. The first kappa shape index (κ1) is 17.4. The summed E-state index contributed by atoms with van der Waals surface area (Å²) in [7, 11) is 3.36. The molecule has 0 saturated heterocycles. The number of ether oxygens (including phenoxy) is 2. The van der Waals surface area contributed by atoms with Gasteiger partial charge in [0.15, 0.2) is 0 Å². The molecule has 4 aromatic carbocycles. The molecule has 29 heavy (non-hydrogen) atoms. The van der Waals surface area contributed by atoms with Crippen molar-refractivity contribution in [3.05, 3.63) is 78.9 Å². The Kier molecular flexibility index (Phi) is 4.02. The molecule has 0 unspecified atom stereocenters. The summed E-state index contributed by atoms with van der Waals surface area (Å²) >= 11 is 0. The van der Waals surface area contributed by atoms with Crippen LogP contribution in [0.25, 0.3) is 44.5 Å². The van der Waals surface area contributed by atoms with Gasteiger partial charge in [0.05, 0.1) is 14.2 Å². The van der Waals surface area contributed by atoms with Crippen molar-refractivity contribution in [2.75, 3.05) is 14.2 Å². The average Bonchev–Trinajstić information content (AvgIpc) is 2.77. The minimum absolute atomic E-state index is 0.254. The van der Waals surface area contributed by atoms with E-state index >= 15 is 0 Å². The number of aromatic hydroxyl groups is 1. The van der Waals surface area contributed by atoms with Crippen molar-refractivity contribution in [3.63, 3.8) is 0 Å². The Hall–Kier alpha value is -3.72. The van der Waals surface area contributed by atoms with Crippen LogP contribution < -0.4 is 9.47 Å². The van der Waals surface area contributed by atoms with Crippen molar-refractivity contribution in [1.82, 2.24) is 0 Å². The highest BCUT2D eigenvalue weighted by atomic mass is 16.5. The second kappa shape index (κ2) is 6.71. The molecular formula is C26H20O3. The molecule has 3 nitrogen and oxygen atoms in total. The van der Waals surface area contributed by atoms with E-state index in [0.717, 1.165) is 56.0 Å². The van der Waals surface area contributed by atoms with Gasteiger partial charge in [0, 0.05) is 0 Å². The monoisotopic (exact) mass is 380 g/mol. The van der Waals surface area contributed by atoms with Gasteiger partial charge in [0.1, 0.15) is 17.2 Å². The first-order valence-electron chi connectivity index (χ1n) is 9.49. The van der Waals surface area contributed by atoms with Crippen LogP contribution in [0.5, 0.6) is 17.2 Å². The van der Waals surface area contributed by atoms with Crippen LogP contribution in [0.4, 0.5) is 0 Å². The van der Waals surface area contributed by atoms with Crippen molar-refractivity contribution in [3.8, 4) is 61.8 Å². The lowest BCUT2D eigenvalue weighted by molar-refractivity contribution is 0.414. The lowest BCUT2D eigenvalue weighted by Crippen LogP contribution is -1.98. The highest BCUT2D eigenvalue weighted by Gasteiger charge is 2.23. The second-order valence-corrected chi connectivity index (χ2v) is 7.10. The van der Waals surface area contributed by atoms with Gasteiger partial charge in [-0.15, -0.1) is 0 Å². The molecule has 0 saturated carbocycles. The molecule has 0 atom stereocenters. The van der Waals surface area contributed by atoms with Gasteiger partial charge in [-0.3, -0.25) is 0 Å². The van der Waals surface area contributed by atoms with Crippen molar-refractivity contribution < 1.29 is 14.6 Å². The fraction of sp³-hybridized carbons (Fsp3) is 0.0769. The molecular weight excluding hydrogens is 360 g/mol. The fourth-order valence-corrected chi connectivity index (χ4v) is 4.16. The van der Waals surface area contributed by atoms with E-state index in [9.17, 15) is 5.11 Å². The number of phenols is 1. The number of methoxy groups -OCH3 is 2. The van der Waals surface area contributed by atoms with E-state index in [2.05, 4.69) is 36.4 Å². The Morgan fingerprint density at radius 1 is 0.483 bits per heavy atom. The molecule has 0 bridgehead atoms. The van der Waals surface area contributed by atoms with Crippen molar-refractivity contribution in [1.29, 1.82) is 0 Å². The summed E-state index contributed by atoms with van der Waals surface area (Å²) in [6, 6.07) is 26.2. The van der Waals surface area contributed by atoms with Gasteiger partial charge in [-0.05, 0) is 80.9 Å². The molecule has 0 aromatic heterocycles. The highest BCUT2D eigenvalue weighted by Crippen LogP contribution is 2.49. The zero-order valence-corrected chi connectivity index (χ0v) is 16.3. The van der Waals surface area contributed by atoms with E-state index in [1.165, 1.54) is 0 Å². The van der Waals surface area contributed by atoms with Gasteiger partial charge in [0.25, 0.3) is 0 Å². The molecule has 4 aromatic rings. The minimum Gasteiger partial charge on any atom is -0.508 e. The largest absolute Gasteiger partial charge is 0.508 e. The van der Waals surface area contributed by atoms with Crippen molar-refractivity contribution >= 4 is 0 Å². The predicted molar refractivity (Wildman–Crippen MR) is 117 cm³/mol. The highest BCUT2D eigenvalue weighted by molar-refractivity contribution is 6.03. The standard InChI is InChI=1S/C26H20O3/c1-28-17-8-11-22-19-5-3-4-6-20(19)24-13-16(27)7-10-21(24)23-12-9-18(29-2)15-26(23)25(22)14-17/h3-15,27H,1-2H3. The number of phenolic OH excluding ortho intramolecular Hbond substituents is 1. The maximum Gasteiger partial charge on any atom is 0.119 e. The molecule has 1 aliphatic rings. The van der Waals surface area contributed by atoms with E-state index < -0.39 is 0 Å². The number of benzene rings is 4. The van der Waals surface area contributed by atoms with E-state index in [-0.39, 0.29) is 5.75 Å². The van der Waals surface area contributed by atoms with Gasteiger partial charge in [-0.25, -0.2) is 0 Å². The Labute approximate surface area is 169 Å². The van der Waals surface area contributed by atoms with Gasteiger partial charge in [-0.1, -0.05) is 42.5 Å². The van der Waals surface area contributed by atoms with Crippen molar-refractivity contribution in [2.45, 2.75) is 0 Å². The first-order valence-corrected chi connectivity index (χ1v) is 9.49. The van der Waals surface area contributed by atoms with Gasteiger partial charge < -0.3 is 14.6 Å². The van der Waals surface area contributed by atoms with Crippen LogP contribution in [0.1, 0.15) is 0 Å². The maximum atomic E-state index is 10.2. The zero-order chi connectivity index (χ0) is 20.0. The third-order valence-electron chi connectivity index (χ3n) is 5.54. The number of rotatable bonds is 2. The van der Waals surface area contributed by atoms with Crippen molar-refractivity contribution in [2.24, 2.45) is 0 Å². The van der Waals surface area contributed by atoms with Crippen LogP contribution in [0.3, 0.4) is 0 Å². The zero-order valence-electron chi connectivity index (χ0n) is 16.3. The molecule has 0 radical (unpaired) electrons. The van der Waals surface area contributed by atoms with E-state index in [1.807, 2.05) is 36.4 Å². The smallest absolute Gasteiger partial charge is 0.119 e. The topological polar surface area (TPSA) is 38.7 Å². The minimum atomic E-state index is 0.254. The van der Waals surface area contributed by atoms with Crippen LogP contribution in [0, 0.1) is 0 Å². The Balaban J connectivity index is 1.97. The molecule has 0 amide bonds. The van der Waals surface area contributed by atoms with Crippen LogP contribution in [0.2, 0.25) is 0 Å². The molecule has 0 fully saturated rings. The Morgan fingerprint density at radius 2 is 0.897 bits per heavy atom. The summed E-state index contributed by atoms with van der Waals surface area (Å²) in [5.74, 6) is 1.86. The predicted octanol–water partition coefficient (Wildman–Crippen LogP) is 6.39. The summed E-state index contributed by atoms with van der Waals surface area (Å²) < 4.78 is 11.1. The number of hydrogen-bond acceptors (Lipinski definition) is 3. The van der Waals surface area contributed by atoms with Crippen LogP contribution in [-0.4, -0.2) is 19.3 Å². The molecule has 5 rings (SSSR count). The molecule has 3 heteroatoms. The van der Waals surface area contributed by atoms with Crippen LogP contribution in [0.15, 0.2) is 78.9 Å². The first-order chi connectivity index (χ1) is 14.2. The van der Waals surface area contributed by atoms with E-state index in [4.69, 9.17) is 9.47 Å². The van der Waals surface area contributed by atoms with E-state index in [1.54, 1.807) is 20.3 Å². The second-order valence-electron chi connectivity index (χ2n) is 7.10. The summed E-state index contributed by atoms with van der Waals surface area (Å²) in [6.07, 6.45) is 0. The Morgan fingerprint density at radius 3 is 1.41 bits per heavy atom. The third kappa shape index (κ3) is 2.74. The van der Waals surface area contributed by atoms with Gasteiger partial charge in [0.2, 0.25) is 0 Å². The molecule has 1 N–H and O–H groups in total. The normalized spacial score (nSPS) is 11.2.